The maximum atomic E-state index is 12.5. The molecule has 0 saturated heterocycles. The second kappa shape index (κ2) is 9.04. The molecule has 3 heterocycles. The van der Waals surface area contributed by atoms with E-state index in [9.17, 15) is 19.2 Å². The Labute approximate surface area is 169 Å². The first-order valence-corrected chi connectivity index (χ1v) is 11.5. The number of carbonyl (C=O) groups is 2. The minimum atomic E-state index is -0.459. The van der Waals surface area contributed by atoms with Crippen molar-refractivity contribution in [3.8, 4) is 0 Å². The van der Waals surface area contributed by atoms with Crippen LogP contribution in [-0.4, -0.2) is 32.5 Å². The summed E-state index contributed by atoms with van der Waals surface area (Å²) in [5.74, 6) is 0.927. The number of rotatable bonds is 0. The van der Waals surface area contributed by atoms with E-state index in [-0.39, 0.29) is 25.2 Å². The van der Waals surface area contributed by atoms with E-state index in [1.807, 2.05) is 0 Å². The molecule has 0 amide bonds. The van der Waals surface area contributed by atoms with Gasteiger partial charge in [0.1, 0.15) is 13.2 Å². The Balaban J connectivity index is 1.97. The fourth-order valence-electron chi connectivity index (χ4n) is 3.01. The Morgan fingerprint density at radius 3 is 1.57 bits per heavy atom. The predicted molar refractivity (Wildman–Crippen MR) is 107 cm³/mol. The van der Waals surface area contributed by atoms with Gasteiger partial charge in [-0.2, -0.15) is 4.52 Å². The van der Waals surface area contributed by atoms with E-state index >= 15 is 0 Å². The van der Waals surface area contributed by atoms with Crippen molar-refractivity contribution in [1.29, 1.82) is 0 Å². The van der Waals surface area contributed by atoms with Crippen LogP contribution in [0.4, 0.5) is 0 Å². The molecule has 0 fully saturated rings. The number of cyclic esters (lactones) is 2. The second-order valence-corrected chi connectivity index (χ2v) is 9.25. The number of hydrogen-bond acceptors (Lipinski definition) is 8. The van der Waals surface area contributed by atoms with Crippen LogP contribution in [0.5, 0.6) is 0 Å². The maximum absolute atomic E-state index is 12.5. The van der Waals surface area contributed by atoms with Crippen molar-refractivity contribution in [2.45, 2.75) is 52.7 Å². The van der Waals surface area contributed by atoms with Gasteiger partial charge in [-0.3, -0.25) is 19.2 Å². The fraction of sp³-hybridized carbons (Fsp3) is 0.556. The monoisotopic (exact) mass is 426 g/mol. The highest BCUT2D eigenvalue weighted by atomic mass is 33.1. The van der Waals surface area contributed by atoms with E-state index in [0.29, 0.717) is 48.2 Å². The molecular weight excluding hydrogens is 404 g/mol. The molecule has 3 rings (SSSR count). The predicted octanol–water partition coefficient (Wildman–Crippen LogP) is 1.86. The molecule has 8 nitrogen and oxygen atoms in total. The van der Waals surface area contributed by atoms with Crippen LogP contribution < -0.4 is 11.1 Å². The van der Waals surface area contributed by atoms with Crippen molar-refractivity contribution in [1.82, 2.24) is 9.03 Å². The van der Waals surface area contributed by atoms with E-state index in [1.165, 1.54) is 4.52 Å². The van der Waals surface area contributed by atoms with E-state index < -0.39 is 11.1 Å². The van der Waals surface area contributed by atoms with Crippen LogP contribution in [0, 0.1) is 13.8 Å². The molecule has 0 saturated carbocycles. The summed E-state index contributed by atoms with van der Waals surface area (Å²) in [7, 11) is 3.33. The van der Waals surface area contributed by atoms with Crippen LogP contribution in [-0.2, 0) is 32.3 Å². The van der Waals surface area contributed by atoms with Gasteiger partial charge in [0.25, 0.3) is 11.1 Å². The summed E-state index contributed by atoms with van der Waals surface area (Å²) in [6.07, 6.45) is 1.96. The van der Waals surface area contributed by atoms with Gasteiger partial charge < -0.3 is 9.47 Å². The molecule has 2 aromatic heterocycles. The normalized spacial score (nSPS) is 17.9. The highest BCUT2D eigenvalue weighted by molar-refractivity contribution is 8.76. The fourth-order valence-corrected chi connectivity index (χ4v) is 5.18. The van der Waals surface area contributed by atoms with Gasteiger partial charge in [-0.05, 0) is 26.7 Å². The molecule has 0 atom stereocenters. The third-order valence-corrected chi connectivity index (χ3v) is 7.22. The molecule has 1 aliphatic rings. The molecule has 0 unspecified atom stereocenters. The van der Waals surface area contributed by atoms with Gasteiger partial charge in [0.2, 0.25) is 0 Å². The molecule has 1 aliphatic heterocycles. The Hall–Kier alpha value is -1.94. The molecule has 0 bridgehead atoms. The van der Waals surface area contributed by atoms with Crippen molar-refractivity contribution in [2.24, 2.45) is 0 Å². The van der Waals surface area contributed by atoms with E-state index in [0.717, 1.165) is 16.0 Å². The van der Waals surface area contributed by atoms with Gasteiger partial charge in [0.05, 0.1) is 11.4 Å². The standard InChI is InChI=1S/C18H22N2O6S2/c1-11-13-9-25-15(21)5-3-7-27-28-8-4-6-16(22)26-10-14-12(2)18(24)20(17(11)23)19(13)14/h3-10H2,1-2H3. The van der Waals surface area contributed by atoms with Gasteiger partial charge in [-0.25, -0.2) is 4.52 Å². The smallest absolute Gasteiger partial charge is 0.306 e. The van der Waals surface area contributed by atoms with Crippen molar-refractivity contribution < 1.29 is 19.1 Å². The van der Waals surface area contributed by atoms with E-state index in [1.54, 1.807) is 35.4 Å². The topological polar surface area (TPSA) is 95.6 Å². The number of esters is 2. The molecule has 152 valence electrons. The lowest BCUT2D eigenvalue weighted by Crippen LogP contribution is -2.23. The van der Waals surface area contributed by atoms with Gasteiger partial charge in [0.15, 0.2) is 0 Å². The zero-order chi connectivity index (χ0) is 20.3. The summed E-state index contributed by atoms with van der Waals surface area (Å²) in [4.78, 5) is 49.1. The molecular formula is C18H22N2O6S2. The number of hydrogen-bond donors (Lipinski definition) is 0. The molecule has 0 aromatic carbocycles. The summed E-state index contributed by atoms with van der Waals surface area (Å²) in [6, 6.07) is 0. The number of carbonyl (C=O) groups excluding carboxylic acids is 2. The zero-order valence-corrected chi connectivity index (χ0v) is 17.5. The molecule has 0 spiro atoms. The SMILES string of the molecule is Cc1c2n3c(c(C)c(=O)n3c1=O)COC(=O)CCCSSCCCC(=O)OC2. The van der Waals surface area contributed by atoms with Crippen LogP contribution in [0.1, 0.15) is 48.2 Å². The minimum Gasteiger partial charge on any atom is -0.459 e. The first-order valence-electron chi connectivity index (χ1n) is 9.05. The lowest BCUT2D eigenvalue weighted by Gasteiger charge is -2.09. The van der Waals surface area contributed by atoms with Crippen LogP contribution in [0.15, 0.2) is 9.59 Å². The van der Waals surface area contributed by atoms with Crippen LogP contribution in [0.3, 0.4) is 0 Å². The van der Waals surface area contributed by atoms with Crippen molar-refractivity contribution in [2.75, 3.05) is 11.5 Å². The molecule has 0 aliphatic carbocycles. The Kier molecular flexibility index (Phi) is 6.71. The zero-order valence-electron chi connectivity index (χ0n) is 15.8. The lowest BCUT2D eigenvalue weighted by atomic mass is 10.2. The van der Waals surface area contributed by atoms with Crippen LogP contribution in [0.2, 0.25) is 0 Å². The largest absolute Gasteiger partial charge is 0.459 e. The van der Waals surface area contributed by atoms with Gasteiger partial charge in [-0.15, -0.1) is 0 Å². The summed E-state index contributed by atoms with van der Waals surface area (Å²) < 4.78 is 13.1. The average Bonchev–Trinajstić information content (AvgIpc) is 3.05. The second-order valence-electron chi connectivity index (χ2n) is 6.55. The van der Waals surface area contributed by atoms with E-state index in [2.05, 4.69) is 0 Å². The number of ether oxygens (including phenoxy) is 2. The Morgan fingerprint density at radius 1 is 0.714 bits per heavy atom. The third kappa shape index (κ3) is 4.22. The first-order chi connectivity index (χ1) is 13.4. The number of nitrogens with zero attached hydrogens (tertiary/aromatic N) is 2. The lowest BCUT2D eigenvalue weighted by molar-refractivity contribution is -0.145. The Morgan fingerprint density at radius 2 is 1.14 bits per heavy atom. The first kappa shape index (κ1) is 20.8. The summed E-state index contributed by atoms with van der Waals surface area (Å²) >= 11 is 0. The molecule has 10 heteroatoms. The van der Waals surface area contributed by atoms with Crippen molar-refractivity contribution >= 4 is 33.5 Å². The molecule has 0 N–H and O–H groups in total. The summed E-state index contributed by atoms with van der Waals surface area (Å²) in [5.41, 5.74) is 0.594. The summed E-state index contributed by atoms with van der Waals surface area (Å²) in [6.45, 7) is 2.94. The van der Waals surface area contributed by atoms with Crippen molar-refractivity contribution in [3.63, 3.8) is 0 Å². The highest BCUT2D eigenvalue weighted by Gasteiger charge is 2.24. The number of aromatic nitrogens is 2. The van der Waals surface area contributed by atoms with Crippen molar-refractivity contribution in [3.05, 3.63) is 43.2 Å². The van der Waals surface area contributed by atoms with Crippen LogP contribution in [0.25, 0.3) is 0 Å². The molecule has 0 radical (unpaired) electrons. The van der Waals surface area contributed by atoms with Gasteiger partial charge in [0, 0.05) is 35.5 Å². The quantitative estimate of drug-likeness (QED) is 0.465. The minimum absolute atomic E-state index is 0.118. The van der Waals surface area contributed by atoms with Gasteiger partial charge >= 0.3 is 11.9 Å². The van der Waals surface area contributed by atoms with Crippen LogP contribution >= 0.6 is 21.6 Å². The van der Waals surface area contributed by atoms with E-state index in [4.69, 9.17) is 9.47 Å². The van der Waals surface area contributed by atoms with Gasteiger partial charge in [-0.1, -0.05) is 21.6 Å². The summed E-state index contributed by atoms with van der Waals surface area (Å²) in [5, 5.41) is 0. The highest BCUT2D eigenvalue weighted by Crippen LogP contribution is 2.24. The molecule has 28 heavy (non-hydrogen) atoms. The average molecular weight is 427 g/mol. The maximum Gasteiger partial charge on any atom is 0.306 e. The molecule has 2 aromatic rings. The third-order valence-electron chi connectivity index (χ3n) is 4.64. The Bertz CT molecular complexity index is 921.